The number of halogens is 2. The predicted molar refractivity (Wildman–Crippen MR) is 59.5 cm³/mol. The van der Waals surface area contributed by atoms with E-state index in [9.17, 15) is 13.6 Å². The highest BCUT2D eigenvalue weighted by atomic mass is 19.1. The van der Waals surface area contributed by atoms with Crippen molar-refractivity contribution in [3.63, 3.8) is 0 Å². The minimum atomic E-state index is -0.825. The Kier molecular flexibility index (Phi) is 4.99. The van der Waals surface area contributed by atoms with Crippen molar-refractivity contribution in [2.24, 2.45) is 0 Å². The van der Waals surface area contributed by atoms with Gasteiger partial charge in [0.2, 0.25) is 5.91 Å². The number of benzene rings is 1. The summed E-state index contributed by atoms with van der Waals surface area (Å²) in [6.07, 6.45) is -0.590. The molecule has 94 valence electrons. The van der Waals surface area contributed by atoms with Gasteiger partial charge in [-0.15, -0.1) is 0 Å². The third-order valence-electron chi connectivity index (χ3n) is 1.95. The zero-order valence-electron chi connectivity index (χ0n) is 9.34. The number of anilines is 1. The van der Waals surface area contributed by atoms with Crippen LogP contribution in [0.1, 0.15) is 6.92 Å². The predicted octanol–water partition coefficient (Wildman–Crippen LogP) is 0.874. The minimum Gasteiger partial charge on any atom is -0.392 e. The summed E-state index contributed by atoms with van der Waals surface area (Å²) in [7, 11) is 0. The van der Waals surface area contributed by atoms with Gasteiger partial charge in [0, 0.05) is 6.54 Å². The van der Waals surface area contributed by atoms with E-state index in [4.69, 9.17) is 5.11 Å². The maximum Gasteiger partial charge on any atom is 0.238 e. The third-order valence-corrected chi connectivity index (χ3v) is 1.95. The monoisotopic (exact) mass is 244 g/mol. The van der Waals surface area contributed by atoms with Crippen molar-refractivity contribution in [3.8, 4) is 0 Å². The van der Waals surface area contributed by atoms with Crippen molar-refractivity contribution < 1.29 is 18.7 Å². The van der Waals surface area contributed by atoms with E-state index in [0.29, 0.717) is 0 Å². The van der Waals surface area contributed by atoms with Crippen molar-refractivity contribution in [2.75, 3.05) is 18.4 Å². The maximum atomic E-state index is 13.1. The molecule has 0 fully saturated rings. The van der Waals surface area contributed by atoms with Crippen molar-refractivity contribution in [1.29, 1.82) is 0 Å². The highest BCUT2D eigenvalue weighted by molar-refractivity contribution is 5.92. The van der Waals surface area contributed by atoms with E-state index in [1.807, 2.05) is 0 Å². The molecule has 0 radical (unpaired) electrons. The van der Waals surface area contributed by atoms with Crippen LogP contribution >= 0.6 is 0 Å². The number of carbonyl (C=O) groups excluding carboxylic acids is 1. The highest BCUT2D eigenvalue weighted by Gasteiger charge is 2.11. The topological polar surface area (TPSA) is 61.4 Å². The molecule has 1 unspecified atom stereocenters. The molecule has 1 atom stereocenters. The second-order valence-corrected chi connectivity index (χ2v) is 3.62. The molecule has 0 saturated carbocycles. The average Bonchev–Trinajstić information content (AvgIpc) is 2.23. The largest absolute Gasteiger partial charge is 0.392 e. The van der Waals surface area contributed by atoms with Gasteiger partial charge < -0.3 is 15.7 Å². The Balaban J connectivity index is 2.51. The van der Waals surface area contributed by atoms with E-state index in [-0.39, 0.29) is 13.1 Å². The van der Waals surface area contributed by atoms with Crippen LogP contribution in [-0.2, 0) is 4.79 Å². The van der Waals surface area contributed by atoms with Crippen LogP contribution in [0, 0.1) is 11.6 Å². The number of amides is 1. The number of rotatable bonds is 5. The summed E-state index contributed by atoms with van der Waals surface area (Å²) < 4.78 is 26.3. The van der Waals surface area contributed by atoms with Crippen LogP contribution in [0.15, 0.2) is 18.2 Å². The zero-order chi connectivity index (χ0) is 12.8. The summed E-state index contributed by atoms with van der Waals surface area (Å²) in [5, 5.41) is 13.7. The highest BCUT2D eigenvalue weighted by Crippen LogP contribution is 2.17. The molecule has 0 saturated heterocycles. The normalized spacial score (nSPS) is 12.2. The van der Waals surface area contributed by atoms with E-state index in [0.717, 1.165) is 12.1 Å². The van der Waals surface area contributed by atoms with Crippen molar-refractivity contribution in [2.45, 2.75) is 13.0 Å². The van der Waals surface area contributed by atoms with Gasteiger partial charge in [0.1, 0.15) is 17.3 Å². The molecule has 3 N–H and O–H groups in total. The molecular weight excluding hydrogens is 230 g/mol. The van der Waals surface area contributed by atoms with Crippen molar-refractivity contribution >= 4 is 11.6 Å². The molecule has 6 heteroatoms. The first-order chi connectivity index (χ1) is 8.00. The number of carbonyl (C=O) groups is 1. The van der Waals surface area contributed by atoms with Crippen LogP contribution in [0.25, 0.3) is 0 Å². The Morgan fingerprint density at radius 3 is 2.53 bits per heavy atom. The van der Waals surface area contributed by atoms with Crippen LogP contribution in [0.5, 0.6) is 0 Å². The van der Waals surface area contributed by atoms with E-state index >= 15 is 0 Å². The molecule has 0 aromatic heterocycles. The molecule has 1 aromatic carbocycles. The Morgan fingerprint density at radius 2 is 2.00 bits per heavy atom. The quantitative estimate of drug-likeness (QED) is 0.720. The summed E-state index contributed by atoms with van der Waals surface area (Å²) in [6, 6.07) is 3.33. The molecule has 0 spiro atoms. The van der Waals surface area contributed by atoms with Crippen LogP contribution in [0.4, 0.5) is 14.5 Å². The van der Waals surface area contributed by atoms with Gasteiger partial charge in [-0.2, -0.15) is 0 Å². The fourth-order valence-electron chi connectivity index (χ4n) is 1.20. The first kappa shape index (κ1) is 13.5. The zero-order valence-corrected chi connectivity index (χ0v) is 9.34. The Labute approximate surface area is 97.6 Å². The first-order valence-electron chi connectivity index (χ1n) is 5.13. The van der Waals surface area contributed by atoms with E-state index in [1.54, 1.807) is 6.92 Å². The van der Waals surface area contributed by atoms with Gasteiger partial charge in [-0.05, 0) is 19.1 Å². The van der Waals surface area contributed by atoms with Crippen LogP contribution in [0.2, 0.25) is 0 Å². The van der Waals surface area contributed by atoms with E-state index in [1.165, 1.54) is 6.07 Å². The summed E-state index contributed by atoms with van der Waals surface area (Å²) in [6.45, 7) is 1.66. The maximum absolute atomic E-state index is 13.1. The molecule has 1 rings (SSSR count). The van der Waals surface area contributed by atoms with Gasteiger partial charge in [-0.1, -0.05) is 6.07 Å². The van der Waals surface area contributed by atoms with Gasteiger partial charge >= 0.3 is 0 Å². The molecular formula is C11H14F2N2O2. The van der Waals surface area contributed by atoms with Crippen LogP contribution in [0.3, 0.4) is 0 Å². The van der Waals surface area contributed by atoms with Gasteiger partial charge in [-0.3, -0.25) is 4.79 Å². The molecule has 0 heterocycles. The Bertz CT molecular complexity index is 377. The second-order valence-electron chi connectivity index (χ2n) is 3.62. The lowest BCUT2D eigenvalue weighted by molar-refractivity contribution is -0.115. The SMILES string of the molecule is CC(O)CNCC(=O)Nc1c(F)cccc1F. The smallest absolute Gasteiger partial charge is 0.238 e. The number of para-hydroxylation sites is 1. The lowest BCUT2D eigenvalue weighted by Crippen LogP contribution is -2.33. The van der Waals surface area contributed by atoms with Crippen LogP contribution in [-0.4, -0.2) is 30.2 Å². The molecule has 1 amide bonds. The molecule has 0 bridgehead atoms. The number of aliphatic hydroxyl groups is 1. The number of nitrogens with one attached hydrogen (secondary N) is 2. The van der Waals surface area contributed by atoms with E-state index < -0.39 is 29.3 Å². The lowest BCUT2D eigenvalue weighted by Gasteiger charge is -2.09. The number of hydrogen-bond acceptors (Lipinski definition) is 3. The molecule has 0 aliphatic rings. The molecule has 0 aliphatic carbocycles. The third kappa shape index (κ3) is 4.46. The van der Waals surface area contributed by atoms with Gasteiger partial charge in [0.05, 0.1) is 12.6 Å². The second kappa shape index (κ2) is 6.27. The number of hydrogen-bond donors (Lipinski definition) is 3. The van der Waals surface area contributed by atoms with Crippen molar-refractivity contribution in [3.05, 3.63) is 29.8 Å². The Morgan fingerprint density at radius 1 is 1.41 bits per heavy atom. The summed E-state index contributed by atoms with van der Waals surface area (Å²) in [5.74, 6) is -2.22. The van der Waals surface area contributed by atoms with Gasteiger partial charge in [0.15, 0.2) is 0 Å². The van der Waals surface area contributed by atoms with Gasteiger partial charge in [-0.25, -0.2) is 8.78 Å². The minimum absolute atomic E-state index is 0.126. The molecule has 4 nitrogen and oxygen atoms in total. The fourth-order valence-corrected chi connectivity index (χ4v) is 1.20. The first-order valence-corrected chi connectivity index (χ1v) is 5.13. The molecule has 17 heavy (non-hydrogen) atoms. The van der Waals surface area contributed by atoms with E-state index in [2.05, 4.69) is 10.6 Å². The summed E-state index contributed by atoms with van der Waals surface area (Å²) >= 11 is 0. The number of aliphatic hydroxyl groups excluding tert-OH is 1. The summed E-state index contributed by atoms with van der Waals surface area (Å²) in [5.41, 5.74) is -0.462. The van der Waals surface area contributed by atoms with Gasteiger partial charge in [0.25, 0.3) is 0 Å². The Hall–Kier alpha value is -1.53. The molecule has 1 aromatic rings. The molecule has 0 aliphatic heterocycles. The lowest BCUT2D eigenvalue weighted by atomic mass is 10.3. The van der Waals surface area contributed by atoms with Crippen molar-refractivity contribution in [1.82, 2.24) is 5.32 Å². The van der Waals surface area contributed by atoms with Crippen LogP contribution < -0.4 is 10.6 Å². The standard InChI is InChI=1S/C11H14F2N2O2/c1-7(16)5-14-6-10(17)15-11-8(12)3-2-4-9(11)13/h2-4,7,14,16H,5-6H2,1H3,(H,15,17). The fraction of sp³-hybridized carbons (Fsp3) is 0.364. The summed E-state index contributed by atoms with van der Waals surface area (Å²) in [4.78, 5) is 11.3. The average molecular weight is 244 g/mol.